The second-order valence-electron chi connectivity index (χ2n) is 7.48. The molecule has 0 bridgehead atoms. The molecule has 1 fully saturated rings. The van der Waals surface area contributed by atoms with E-state index in [-0.39, 0.29) is 23.9 Å². The highest BCUT2D eigenvalue weighted by molar-refractivity contribution is 6.08. The summed E-state index contributed by atoms with van der Waals surface area (Å²) >= 11 is 0. The summed E-state index contributed by atoms with van der Waals surface area (Å²) in [5, 5.41) is 2.72. The smallest absolute Gasteiger partial charge is 0.258 e. The Balaban J connectivity index is 1.22. The molecule has 158 valence electrons. The SMILES string of the molecule is O=C(COc1ccc(C(=O)c2ccccc2)cc1)NCCn1cnc(C2CC2)cc1=O. The maximum absolute atomic E-state index is 12.4. The molecule has 0 aliphatic heterocycles. The molecular weight excluding hydrogens is 394 g/mol. The quantitative estimate of drug-likeness (QED) is 0.541. The third kappa shape index (κ3) is 5.45. The molecule has 31 heavy (non-hydrogen) atoms. The van der Waals surface area contributed by atoms with Crippen LogP contribution in [0.5, 0.6) is 5.75 Å². The van der Waals surface area contributed by atoms with Gasteiger partial charge in [0.15, 0.2) is 12.4 Å². The van der Waals surface area contributed by atoms with Crippen molar-refractivity contribution in [2.75, 3.05) is 13.2 Å². The van der Waals surface area contributed by atoms with E-state index in [1.54, 1.807) is 42.5 Å². The topological polar surface area (TPSA) is 90.3 Å². The highest BCUT2D eigenvalue weighted by Crippen LogP contribution is 2.38. The number of ether oxygens (including phenoxy) is 1. The van der Waals surface area contributed by atoms with Gasteiger partial charge in [-0.25, -0.2) is 4.98 Å². The summed E-state index contributed by atoms with van der Waals surface area (Å²) in [6, 6.07) is 17.3. The zero-order valence-electron chi connectivity index (χ0n) is 17.0. The molecule has 0 spiro atoms. The van der Waals surface area contributed by atoms with Gasteiger partial charge in [0.25, 0.3) is 11.5 Å². The van der Waals surface area contributed by atoms with Gasteiger partial charge in [-0.05, 0) is 37.1 Å². The number of hydrogen-bond acceptors (Lipinski definition) is 5. The number of nitrogens with zero attached hydrogens (tertiary/aromatic N) is 2. The molecule has 0 unspecified atom stereocenters. The number of ketones is 1. The number of amides is 1. The summed E-state index contributed by atoms with van der Waals surface area (Å²) in [6.45, 7) is 0.496. The molecule has 1 amide bonds. The highest BCUT2D eigenvalue weighted by Gasteiger charge is 2.25. The lowest BCUT2D eigenvalue weighted by atomic mass is 10.0. The fourth-order valence-electron chi connectivity index (χ4n) is 3.18. The standard InChI is InChI=1S/C24H23N3O4/c28-22(25-12-13-27-16-26-21(14-23(27)29)17-6-7-17)15-31-20-10-8-19(9-11-20)24(30)18-4-2-1-3-5-18/h1-5,8-11,14,16-17H,6-7,12-13,15H2,(H,25,28). The minimum absolute atomic E-state index is 0.0696. The molecule has 3 aromatic rings. The first-order chi connectivity index (χ1) is 15.1. The van der Waals surface area contributed by atoms with Crippen molar-refractivity contribution in [3.05, 3.63) is 94.2 Å². The molecule has 0 radical (unpaired) electrons. The van der Waals surface area contributed by atoms with Crippen molar-refractivity contribution < 1.29 is 14.3 Å². The van der Waals surface area contributed by atoms with Crippen molar-refractivity contribution in [3.63, 3.8) is 0 Å². The van der Waals surface area contributed by atoms with Crippen molar-refractivity contribution in [2.45, 2.75) is 25.3 Å². The van der Waals surface area contributed by atoms with Crippen LogP contribution in [0.1, 0.15) is 40.4 Å². The van der Waals surface area contributed by atoms with Gasteiger partial charge in [-0.1, -0.05) is 30.3 Å². The van der Waals surface area contributed by atoms with Gasteiger partial charge in [0.1, 0.15) is 5.75 Å². The Hall–Kier alpha value is -3.74. The van der Waals surface area contributed by atoms with E-state index in [0.29, 0.717) is 35.9 Å². The van der Waals surface area contributed by atoms with E-state index < -0.39 is 0 Å². The van der Waals surface area contributed by atoms with E-state index >= 15 is 0 Å². The Morgan fingerprint density at radius 3 is 2.42 bits per heavy atom. The fraction of sp³-hybridized carbons (Fsp3) is 0.250. The van der Waals surface area contributed by atoms with Crippen LogP contribution in [0.25, 0.3) is 0 Å². The number of rotatable bonds is 9. The minimum atomic E-state index is -0.292. The highest BCUT2D eigenvalue weighted by atomic mass is 16.5. The van der Waals surface area contributed by atoms with Crippen LogP contribution in [-0.2, 0) is 11.3 Å². The molecule has 1 heterocycles. The van der Waals surface area contributed by atoms with Gasteiger partial charge in [-0.15, -0.1) is 0 Å². The first kappa shape index (κ1) is 20.5. The largest absolute Gasteiger partial charge is 0.484 e. The van der Waals surface area contributed by atoms with Gasteiger partial charge in [0, 0.05) is 36.2 Å². The first-order valence-corrected chi connectivity index (χ1v) is 10.3. The van der Waals surface area contributed by atoms with Gasteiger partial charge in [0.05, 0.1) is 12.0 Å². The maximum Gasteiger partial charge on any atom is 0.258 e. The molecule has 0 saturated heterocycles. The van der Waals surface area contributed by atoms with E-state index in [1.165, 1.54) is 10.9 Å². The van der Waals surface area contributed by atoms with Gasteiger partial charge in [0.2, 0.25) is 0 Å². The molecule has 1 N–H and O–H groups in total. The second kappa shape index (κ2) is 9.38. The summed E-state index contributed by atoms with van der Waals surface area (Å²) < 4.78 is 6.96. The Morgan fingerprint density at radius 1 is 1.03 bits per heavy atom. The number of aromatic nitrogens is 2. The third-order valence-electron chi connectivity index (χ3n) is 5.09. The fourth-order valence-corrected chi connectivity index (χ4v) is 3.18. The predicted octanol–water partition coefficient (Wildman–Crippen LogP) is 2.55. The van der Waals surface area contributed by atoms with Crippen molar-refractivity contribution in [3.8, 4) is 5.75 Å². The number of nitrogens with one attached hydrogen (secondary N) is 1. The average molecular weight is 417 g/mol. The maximum atomic E-state index is 12.4. The second-order valence-corrected chi connectivity index (χ2v) is 7.48. The zero-order valence-corrected chi connectivity index (χ0v) is 17.0. The van der Waals surface area contributed by atoms with E-state index in [4.69, 9.17) is 4.74 Å². The van der Waals surface area contributed by atoms with Crippen LogP contribution in [0.3, 0.4) is 0 Å². The molecule has 1 aliphatic carbocycles. The van der Waals surface area contributed by atoms with E-state index in [0.717, 1.165) is 18.5 Å². The summed E-state index contributed by atoms with van der Waals surface area (Å²) in [7, 11) is 0. The lowest BCUT2D eigenvalue weighted by molar-refractivity contribution is -0.123. The van der Waals surface area contributed by atoms with E-state index in [9.17, 15) is 14.4 Å². The van der Waals surface area contributed by atoms with Gasteiger partial charge < -0.3 is 10.1 Å². The lowest BCUT2D eigenvalue weighted by Gasteiger charge is -2.09. The Bertz CT molecular complexity index is 1120. The molecule has 7 heteroatoms. The molecule has 4 rings (SSSR count). The number of carbonyl (C=O) groups is 2. The van der Waals surface area contributed by atoms with Crippen molar-refractivity contribution in [2.24, 2.45) is 0 Å². The normalized spacial score (nSPS) is 12.9. The minimum Gasteiger partial charge on any atom is -0.484 e. The van der Waals surface area contributed by atoms with Crippen molar-refractivity contribution >= 4 is 11.7 Å². The van der Waals surface area contributed by atoms with Crippen LogP contribution in [0, 0.1) is 0 Å². The van der Waals surface area contributed by atoms with Gasteiger partial charge >= 0.3 is 0 Å². The van der Waals surface area contributed by atoms with Crippen LogP contribution in [0.4, 0.5) is 0 Å². The van der Waals surface area contributed by atoms with Crippen LogP contribution < -0.4 is 15.6 Å². The van der Waals surface area contributed by atoms with Crippen LogP contribution in [0.2, 0.25) is 0 Å². The van der Waals surface area contributed by atoms with E-state index in [2.05, 4.69) is 10.3 Å². The Morgan fingerprint density at radius 2 is 1.74 bits per heavy atom. The molecule has 7 nitrogen and oxygen atoms in total. The Kier molecular flexibility index (Phi) is 6.21. The van der Waals surface area contributed by atoms with Gasteiger partial charge in [-0.3, -0.25) is 19.0 Å². The third-order valence-corrected chi connectivity index (χ3v) is 5.09. The van der Waals surface area contributed by atoms with Crippen molar-refractivity contribution in [1.82, 2.24) is 14.9 Å². The first-order valence-electron chi connectivity index (χ1n) is 10.3. The lowest BCUT2D eigenvalue weighted by Crippen LogP contribution is -2.33. The predicted molar refractivity (Wildman–Crippen MR) is 115 cm³/mol. The monoisotopic (exact) mass is 417 g/mol. The van der Waals surface area contributed by atoms with Crippen LogP contribution in [0.15, 0.2) is 71.8 Å². The van der Waals surface area contributed by atoms with Crippen molar-refractivity contribution in [1.29, 1.82) is 0 Å². The average Bonchev–Trinajstić information content (AvgIpc) is 3.65. The molecule has 2 aromatic carbocycles. The number of hydrogen-bond donors (Lipinski definition) is 1. The summed E-state index contributed by atoms with van der Waals surface area (Å²) in [5.41, 5.74) is 1.92. The van der Waals surface area contributed by atoms with Crippen LogP contribution in [-0.4, -0.2) is 34.4 Å². The number of benzene rings is 2. The van der Waals surface area contributed by atoms with E-state index in [1.807, 2.05) is 18.2 Å². The van der Waals surface area contributed by atoms with Crippen LogP contribution >= 0.6 is 0 Å². The summed E-state index contributed by atoms with van der Waals surface area (Å²) in [4.78, 5) is 40.8. The molecule has 1 aliphatic rings. The molecular formula is C24H23N3O4. The zero-order chi connectivity index (χ0) is 21.6. The number of carbonyl (C=O) groups excluding carboxylic acids is 2. The Labute approximate surface area is 179 Å². The summed E-state index contributed by atoms with van der Waals surface area (Å²) in [5.74, 6) is 0.570. The molecule has 1 saturated carbocycles. The van der Waals surface area contributed by atoms with Gasteiger partial charge in [-0.2, -0.15) is 0 Å². The summed E-state index contributed by atoms with van der Waals surface area (Å²) in [6.07, 6.45) is 3.73. The molecule has 1 aromatic heterocycles. The molecule has 0 atom stereocenters.